The zero-order chi connectivity index (χ0) is 18.8. The van der Waals surface area contributed by atoms with Crippen molar-refractivity contribution in [3.8, 4) is 11.5 Å². The van der Waals surface area contributed by atoms with Crippen molar-refractivity contribution in [1.82, 2.24) is 0 Å². The van der Waals surface area contributed by atoms with Gasteiger partial charge in [0.1, 0.15) is 18.1 Å². The van der Waals surface area contributed by atoms with Crippen molar-refractivity contribution in [1.29, 1.82) is 0 Å². The Balaban J connectivity index is 1.54. The monoisotopic (exact) mass is 364 g/mol. The third kappa shape index (κ3) is 3.38. The Kier molecular flexibility index (Phi) is 4.54. The number of benzene rings is 2. The van der Waals surface area contributed by atoms with E-state index in [9.17, 15) is 9.59 Å². The molecule has 0 spiro atoms. The summed E-state index contributed by atoms with van der Waals surface area (Å²) in [6.45, 7) is 0.908. The van der Waals surface area contributed by atoms with E-state index in [1.54, 1.807) is 30.2 Å². The Labute approximate surface area is 157 Å². The number of amides is 2. The first-order valence-electron chi connectivity index (χ1n) is 8.88. The van der Waals surface area contributed by atoms with Crippen LogP contribution < -0.4 is 19.7 Å². The number of hydrogen-bond donors (Lipinski definition) is 1. The molecule has 2 aromatic carbocycles. The first kappa shape index (κ1) is 17.1. The van der Waals surface area contributed by atoms with Crippen LogP contribution in [0.4, 0.5) is 11.4 Å². The van der Waals surface area contributed by atoms with Crippen LogP contribution in [0.3, 0.4) is 0 Å². The summed E-state index contributed by atoms with van der Waals surface area (Å²) in [6, 6.07) is 12.9. The molecule has 0 radical (unpaired) electrons. The number of carbonyl (C=O) groups is 2. The van der Waals surface area contributed by atoms with Crippen LogP contribution in [0.25, 0.3) is 6.08 Å². The number of nitrogens with zero attached hydrogens (tertiary/aromatic N) is 1. The summed E-state index contributed by atoms with van der Waals surface area (Å²) < 4.78 is 11.1. The first-order valence-corrected chi connectivity index (χ1v) is 8.88. The second-order valence-electron chi connectivity index (χ2n) is 6.49. The molecule has 0 saturated carbocycles. The van der Waals surface area contributed by atoms with Gasteiger partial charge in [0.15, 0.2) is 0 Å². The van der Waals surface area contributed by atoms with Gasteiger partial charge in [0.2, 0.25) is 5.91 Å². The predicted molar refractivity (Wildman–Crippen MR) is 103 cm³/mol. The molecular formula is C21H20N2O4. The summed E-state index contributed by atoms with van der Waals surface area (Å²) in [7, 11) is 1.55. The van der Waals surface area contributed by atoms with E-state index >= 15 is 0 Å². The summed E-state index contributed by atoms with van der Waals surface area (Å²) in [5.41, 5.74) is 2.76. The minimum Gasteiger partial charge on any atom is -0.494 e. The quantitative estimate of drug-likeness (QED) is 0.904. The van der Waals surface area contributed by atoms with Gasteiger partial charge in [-0.2, -0.15) is 0 Å². The van der Waals surface area contributed by atoms with Gasteiger partial charge in [0.25, 0.3) is 5.91 Å². The lowest BCUT2D eigenvalue weighted by Gasteiger charge is -2.20. The molecule has 2 aliphatic rings. The molecule has 2 aliphatic heterocycles. The Bertz CT molecular complexity index is 936. The summed E-state index contributed by atoms with van der Waals surface area (Å²) >= 11 is 0. The van der Waals surface area contributed by atoms with Crippen molar-refractivity contribution in [3.05, 3.63) is 53.6 Å². The normalized spacial score (nSPS) is 15.7. The minimum absolute atomic E-state index is 0.0910. The number of hydrogen-bond acceptors (Lipinski definition) is 4. The van der Waals surface area contributed by atoms with Crippen molar-refractivity contribution in [2.24, 2.45) is 0 Å². The molecule has 4 rings (SSSR count). The van der Waals surface area contributed by atoms with Crippen LogP contribution >= 0.6 is 0 Å². The highest BCUT2D eigenvalue weighted by Gasteiger charge is 2.25. The lowest BCUT2D eigenvalue weighted by molar-refractivity contribution is -0.117. The van der Waals surface area contributed by atoms with Crippen LogP contribution in [-0.2, 0) is 9.59 Å². The lowest BCUT2D eigenvalue weighted by Crippen LogP contribution is -2.24. The van der Waals surface area contributed by atoms with E-state index in [4.69, 9.17) is 9.47 Å². The number of rotatable bonds is 4. The largest absolute Gasteiger partial charge is 0.494 e. The maximum absolute atomic E-state index is 12.6. The second kappa shape index (κ2) is 7.15. The molecule has 6 heteroatoms. The molecule has 2 heterocycles. The van der Waals surface area contributed by atoms with E-state index in [1.807, 2.05) is 30.3 Å². The van der Waals surface area contributed by atoms with Crippen LogP contribution in [0.5, 0.6) is 11.5 Å². The smallest absolute Gasteiger partial charge is 0.255 e. The zero-order valence-electron chi connectivity index (χ0n) is 15.0. The fourth-order valence-electron chi connectivity index (χ4n) is 3.34. The number of nitrogens with one attached hydrogen (secondary N) is 1. The lowest BCUT2D eigenvalue weighted by atomic mass is 10.1. The summed E-state index contributed by atoms with van der Waals surface area (Å²) in [4.78, 5) is 26.3. The van der Waals surface area contributed by atoms with Gasteiger partial charge in [-0.05, 0) is 30.7 Å². The fraction of sp³-hybridized carbons (Fsp3) is 0.238. The average Bonchev–Trinajstić information content (AvgIpc) is 3.13. The molecule has 2 amide bonds. The van der Waals surface area contributed by atoms with E-state index in [-0.39, 0.29) is 18.4 Å². The minimum atomic E-state index is -0.225. The number of methoxy groups -OCH3 is 1. The molecule has 0 unspecified atom stereocenters. The molecule has 0 aliphatic carbocycles. The molecular weight excluding hydrogens is 344 g/mol. The van der Waals surface area contributed by atoms with Crippen molar-refractivity contribution < 1.29 is 19.1 Å². The van der Waals surface area contributed by atoms with E-state index in [2.05, 4.69) is 5.32 Å². The van der Waals surface area contributed by atoms with Crippen LogP contribution in [0.15, 0.2) is 48.0 Å². The molecule has 0 atom stereocenters. The molecule has 27 heavy (non-hydrogen) atoms. The predicted octanol–water partition coefficient (Wildman–Crippen LogP) is 3.24. The maximum Gasteiger partial charge on any atom is 0.255 e. The fourth-order valence-corrected chi connectivity index (χ4v) is 3.34. The topological polar surface area (TPSA) is 67.9 Å². The van der Waals surface area contributed by atoms with E-state index in [0.29, 0.717) is 30.0 Å². The van der Waals surface area contributed by atoms with Crippen molar-refractivity contribution in [2.45, 2.75) is 12.8 Å². The SMILES string of the molecule is COc1cc(NC(=O)C2=Cc3ccccc3OC2)ccc1N1CCCC1=O. The van der Waals surface area contributed by atoms with Gasteiger partial charge in [-0.25, -0.2) is 0 Å². The Morgan fingerprint density at radius 2 is 2.07 bits per heavy atom. The van der Waals surface area contributed by atoms with Gasteiger partial charge in [-0.1, -0.05) is 18.2 Å². The van der Waals surface area contributed by atoms with Gasteiger partial charge in [0, 0.05) is 30.3 Å². The molecule has 6 nitrogen and oxygen atoms in total. The molecule has 0 bridgehead atoms. The van der Waals surface area contributed by atoms with E-state index < -0.39 is 0 Å². The summed E-state index contributed by atoms with van der Waals surface area (Å²) in [5.74, 6) is 1.20. The van der Waals surface area contributed by atoms with E-state index in [0.717, 1.165) is 23.4 Å². The highest BCUT2D eigenvalue weighted by molar-refractivity contribution is 6.08. The summed E-state index contributed by atoms with van der Waals surface area (Å²) in [6.07, 6.45) is 3.23. The van der Waals surface area contributed by atoms with Crippen molar-refractivity contribution in [2.75, 3.05) is 30.5 Å². The van der Waals surface area contributed by atoms with Gasteiger partial charge in [0.05, 0.1) is 18.4 Å². The van der Waals surface area contributed by atoms with Crippen LogP contribution in [0.2, 0.25) is 0 Å². The van der Waals surface area contributed by atoms with Crippen molar-refractivity contribution >= 4 is 29.3 Å². The third-order valence-corrected chi connectivity index (χ3v) is 4.73. The molecule has 1 fully saturated rings. The summed E-state index contributed by atoms with van der Waals surface area (Å²) in [5, 5.41) is 2.88. The first-order chi connectivity index (χ1) is 13.2. The number of carbonyl (C=O) groups excluding carboxylic acids is 2. The molecule has 138 valence electrons. The van der Waals surface area contributed by atoms with Crippen LogP contribution in [-0.4, -0.2) is 32.1 Å². The van der Waals surface area contributed by atoms with Crippen LogP contribution in [0.1, 0.15) is 18.4 Å². The Hall–Kier alpha value is -3.28. The standard InChI is InChI=1S/C21H20N2O4/c1-26-19-12-16(8-9-17(19)23-10-4-7-20(23)24)22-21(25)15-11-14-5-2-3-6-18(14)27-13-15/h2-3,5-6,8-9,11-12H,4,7,10,13H2,1H3,(H,22,25). The maximum atomic E-state index is 12.6. The molecule has 0 aromatic heterocycles. The van der Waals surface area contributed by atoms with Gasteiger partial charge in [-0.15, -0.1) is 0 Å². The van der Waals surface area contributed by atoms with E-state index in [1.165, 1.54) is 0 Å². The number of fused-ring (bicyclic) bond motifs is 1. The van der Waals surface area contributed by atoms with Gasteiger partial charge >= 0.3 is 0 Å². The average molecular weight is 364 g/mol. The highest BCUT2D eigenvalue weighted by atomic mass is 16.5. The van der Waals surface area contributed by atoms with Crippen LogP contribution in [0, 0.1) is 0 Å². The highest BCUT2D eigenvalue weighted by Crippen LogP contribution is 2.34. The molecule has 2 aromatic rings. The number of anilines is 2. The second-order valence-corrected chi connectivity index (χ2v) is 6.49. The van der Waals surface area contributed by atoms with Gasteiger partial charge < -0.3 is 19.7 Å². The Morgan fingerprint density at radius 1 is 1.22 bits per heavy atom. The molecule has 1 N–H and O–H groups in total. The molecule has 1 saturated heterocycles. The van der Waals surface area contributed by atoms with Crippen molar-refractivity contribution in [3.63, 3.8) is 0 Å². The number of ether oxygens (including phenoxy) is 2. The number of para-hydroxylation sites is 1. The zero-order valence-corrected chi connectivity index (χ0v) is 15.0. The Morgan fingerprint density at radius 3 is 2.85 bits per heavy atom. The third-order valence-electron chi connectivity index (χ3n) is 4.73. The van der Waals surface area contributed by atoms with Gasteiger partial charge in [-0.3, -0.25) is 9.59 Å².